The first-order chi connectivity index (χ1) is 27.3. The van der Waals surface area contributed by atoms with Crippen LogP contribution < -0.4 is 0 Å². The van der Waals surface area contributed by atoms with Crippen LogP contribution in [0.3, 0.4) is 0 Å². The van der Waals surface area contributed by atoms with Crippen molar-refractivity contribution in [3.63, 3.8) is 0 Å². The predicted octanol–water partition coefficient (Wildman–Crippen LogP) is 17.0. The average Bonchev–Trinajstić information content (AvgIpc) is 3.54. The molecule has 2 heteroatoms. The molecule has 0 amide bonds. The molecule has 312 valence electrons. The highest BCUT2D eigenvalue weighted by atomic mass is 15.4. The number of unbranched alkanes of at least 4 members (excludes halogenated alkanes) is 28. The predicted molar refractivity (Wildman–Crippen MR) is 245 cm³/mol. The van der Waals surface area contributed by atoms with Crippen molar-refractivity contribution in [1.29, 1.82) is 0 Å². The number of hydrogen-bond acceptors (Lipinski definition) is 2. The normalized spacial score (nSPS) is 16.1. The maximum absolute atomic E-state index is 2.80. The smallest absolute Gasteiger partial charge is 0.123 e. The molecule has 0 aromatic heterocycles. The molecule has 0 radical (unpaired) electrons. The zero-order valence-corrected chi connectivity index (χ0v) is 36.9. The molecule has 0 spiro atoms. The van der Waals surface area contributed by atoms with Gasteiger partial charge < -0.3 is 9.80 Å². The number of benzene rings is 2. The lowest BCUT2D eigenvalue weighted by atomic mass is 9.78. The Labute approximate surface area is 343 Å². The van der Waals surface area contributed by atoms with Crippen molar-refractivity contribution in [2.75, 3.05) is 13.1 Å². The summed E-state index contributed by atoms with van der Waals surface area (Å²) in [7, 11) is 0. The Hall–Kier alpha value is -2.22. The van der Waals surface area contributed by atoms with Gasteiger partial charge in [0, 0.05) is 37.8 Å². The van der Waals surface area contributed by atoms with Gasteiger partial charge in [-0.3, -0.25) is 0 Å². The molecular formula is C53H90N2. The highest BCUT2D eigenvalue weighted by Crippen LogP contribution is 2.45. The molecule has 2 atom stereocenters. The second-order valence-corrected chi connectivity index (χ2v) is 17.5. The molecule has 2 unspecified atom stereocenters. The fourth-order valence-electron chi connectivity index (χ4n) is 9.57. The van der Waals surface area contributed by atoms with E-state index < -0.39 is 0 Å². The average molecular weight is 755 g/mol. The minimum Gasteiger partial charge on any atom is -0.353 e. The summed E-state index contributed by atoms with van der Waals surface area (Å²) in [6.45, 7) is 9.36. The van der Waals surface area contributed by atoms with Crippen LogP contribution in [0.4, 0.5) is 0 Å². The van der Waals surface area contributed by atoms with E-state index >= 15 is 0 Å². The Balaban J connectivity index is 1.47. The van der Waals surface area contributed by atoms with E-state index in [2.05, 4.69) is 104 Å². The van der Waals surface area contributed by atoms with E-state index in [1.807, 2.05) is 0 Å². The van der Waals surface area contributed by atoms with Gasteiger partial charge in [0.1, 0.15) is 5.66 Å². The molecular weight excluding hydrogens is 665 g/mol. The zero-order chi connectivity index (χ0) is 38.9. The molecule has 55 heavy (non-hydrogen) atoms. The third-order valence-electron chi connectivity index (χ3n) is 12.9. The van der Waals surface area contributed by atoms with Crippen LogP contribution in [0.15, 0.2) is 73.1 Å². The first-order valence-electron chi connectivity index (χ1n) is 24.6. The Morgan fingerprint density at radius 1 is 0.382 bits per heavy atom. The summed E-state index contributed by atoms with van der Waals surface area (Å²) >= 11 is 0. The second-order valence-electron chi connectivity index (χ2n) is 17.5. The Kier molecular flexibility index (Phi) is 27.3. The molecule has 0 saturated carbocycles. The van der Waals surface area contributed by atoms with Crippen LogP contribution in [0.1, 0.15) is 237 Å². The molecule has 3 rings (SSSR count). The van der Waals surface area contributed by atoms with Crippen LogP contribution in [0.2, 0.25) is 0 Å². The third kappa shape index (κ3) is 19.2. The van der Waals surface area contributed by atoms with E-state index in [-0.39, 0.29) is 5.66 Å². The molecule has 1 heterocycles. The first-order valence-corrected chi connectivity index (χ1v) is 24.6. The van der Waals surface area contributed by atoms with Crippen LogP contribution in [0, 0.1) is 0 Å². The monoisotopic (exact) mass is 755 g/mol. The molecule has 1 aliphatic rings. The van der Waals surface area contributed by atoms with E-state index in [1.54, 1.807) is 0 Å². The van der Waals surface area contributed by atoms with Gasteiger partial charge in [0.2, 0.25) is 0 Å². The van der Waals surface area contributed by atoms with Crippen molar-refractivity contribution in [3.8, 4) is 0 Å². The van der Waals surface area contributed by atoms with E-state index in [0.29, 0.717) is 5.92 Å². The van der Waals surface area contributed by atoms with Gasteiger partial charge in [-0.1, -0.05) is 261 Å². The summed E-state index contributed by atoms with van der Waals surface area (Å²) in [6.07, 6.45) is 49.7. The topological polar surface area (TPSA) is 6.48 Å². The lowest BCUT2D eigenvalue weighted by Crippen LogP contribution is -2.59. The molecule has 1 aliphatic heterocycles. The minimum atomic E-state index is -0.0660. The van der Waals surface area contributed by atoms with E-state index in [4.69, 9.17) is 0 Å². The fraction of sp³-hybridized carbons (Fsp3) is 0.736. The van der Waals surface area contributed by atoms with Crippen LogP contribution in [0.25, 0.3) is 0 Å². The van der Waals surface area contributed by atoms with E-state index in [9.17, 15) is 0 Å². The van der Waals surface area contributed by atoms with Gasteiger partial charge in [0.25, 0.3) is 0 Å². The SMILES string of the molecule is CCCCCCCCCCCCCCCCCCN1C=CN(CCCCCCCCCCCCCCCC)C1(Cc1ccccc1)C(CC)c1ccccc1. The fourth-order valence-corrected chi connectivity index (χ4v) is 9.57. The summed E-state index contributed by atoms with van der Waals surface area (Å²) < 4.78 is 0. The summed E-state index contributed by atoms with van der Waals surface area (Å²) in [5, 5.41) is 0. The third-order valence-corrected chi connectivity index (χ3v) is 12.9. The van der Waals surface area contributed by atoms with Gasteiger partial charge in [-0.15, -0.1) is 0 Å². The van der Waals surface area contributed by atoms with Crippen molar-refractivity contribution < 1.29 is 0 Å². The zero-order valence-electron chi connectivity index (χ0n) is 36.9. The van der Waals surface area contributed by atoms with E-state index in [1.165, 1.54) is 204 Å². The van der Waals surface area contributed by atoms with Gasteiger partial charge in [0.15, 0.2) is 0 Å². The van der Waals surface area contributed by atoms with Gasteiger partial charge in [-0.2, -0.15) is 0 Å². The number of hydrogen-bond donors (Lipinski definition) is 0. The Morgan fingerprint density at radius 3 is 1.02 bits per heavy atom. The van der Waals surface area contributed by atoms with Gasteiger partial charge in [0.05, 0.1) is 0 Å². The van der Waals surface area contributed by atoms with Gasteiger partial charge >= 0.3 is 0 Å². The number of nitrogens with zero attached hydrogens (tertiary/aromatic N) is 2. The minimum absolute atomic E-state index is 0.0660. The van der Waals surface area contributed by atoms with Crippen LogP contribution in [0.5, 0.6) is 0 Å². The highest BCUT2D eigenvalue weighted by Gasteiger charge is 2.49. The molecule has 0 aliphatic carbocycles. The lowest BCUT2D eigenvalue weighted by Gasteiger charge is -2.51. The lowest BCUT2D eigenvalue weighted by molar-refractivity contribution is -0.00378. The maximum Gasteiger partial charge on any atom is 0.123 e. The largest absolute Gasteiger partial charge is 0.353 e. The van der Waals surface area contributed by atoms with Crippen LogP contribution in [-0.2, 0) is 6.42 Å². The quantitative estimate of drug-likeness (QED) is 0.0634. The summed E-state index contributed by atoms with van der Waals surface area (Å²) in [6, 6.07) is 22.9. The molecule has 0 fully saturated rings. The maximum atomic E-state index is 2.80. The van der Waals surface area contributed by atoms with Gasteiger partial charge in [-0.25, -0.2) is 0 Å². The summed E-state index contributed by atoms with van der Waals surface area (Å²) in [5.74, 6) is 0.441. The summed E-state index contributed by atoms with van der Waals surface area (Å²) in [5.41, 5.74) is 2.89. The van der Waals surface area contributed by atoms with Crippen molar-refractivity contribution >= 4 is 0 Å². The molecule has 0 saturated heterocycles. The molecule has 2 aromatic carbocycles. The van der Waals surface area contributed by atoms with Crippen molar-refractivity contribution in [1.82, 2.24) is 9.80 Å². The van der Waals surface area contributed by atoms with Crippen LogP contribution >= 0.6 is 0 Å². The molecule has 2 aromatic rings. The van der Waals surface area contributed by atoms with Crippen LogP contribution in [-0.4, -0.2) is 28.6 Å². The first kappa shape index (κ1) is 47.2. The summed E-state index contributed by atoms with van der Waals surface area (Å²) in [4.78, 5) is 5.60. The molecule has 0 N–H and O–H groups in total. The standard InChI is InChI=1S/C53H90N2/c1-4-7-9-11-13-15-17-19-21-22-24-26-28-30-32-40-46-55-48-47-54(45-39-31-29-27-25-23-20-18-16-14-12-10-8-5-2)53(55,49-50-41-35-33-36-42-50)52(6-3)51-43-37-34-38-44-51/h33-38,41-44,47-48,52H,4-32,39-40,45-46,49H2,1-3H3. The molecule has 0 bridgehead atoms. The van der Waals surface area contributed by atoms with E-state index in [0.717, 1.165) is 25.9 Å². The van der Waals surface area contributed by atoms with Crippen molar-refractivity contribution in [2.24, 2.45) is 0 Å². The Morgan fingerprint density at radius 2 is 0.691 bits per heavy atom. The van der Waals surface area contributed by atoms with Crippen molar-refractivity contribution in [3.05, 3.63) is 84.2 Å². The van der Waals surface area contributed by atoms with Gasteiger partial charge in [-0.05, 0) is 30.4 Å². The van der Waals surface area contributed by atoms with Crippen molar-refractivity contribution in [2.45, 2.75) is 238 Å². The second kappa shape index (κ2) is 31.8. The number of rotatable bonds is 37. The Bertz CT molecular complexity index is 1140. The highest BCUT2D eigenvalue weighted by molar-refractivity contribution is 5.30. The molecule has 2 nitrogen and oxygen atoms in total.